The van der Waals surface area contributed by atoms with Crippen molar-refractivity contribution in [3.63, 3.8) is 0 Å². The first-order chi connectivity index (χ1) is 14.2. The summed E-state index contributed by atoms with van der Waals surface area (Å²) in [5.74, 6) is 1.68. The maximum atomic E-state index is 13.9. The third-order valence-electron chi connectivity index (χ3n) is 4.13. The minimum Gasteiger partial charge on any atom is -0.261 e. The highest BCUT2D eigenvalue weighted by atomic mass is 32.2. The molecule has 0 aliphatic carbocycles. The van der Waals surface area contributed by atoms with Crippen molar-refractivity contribution in [3.05, 3.63) is 60.3 Å². The van der Waals surface area contributed by atoms with Crippen LogP contribution in [0, 0.1) is 12.3 Å². The first-order valence-corrected chi connectivity index (χ1v) is 11.2. The van der Waals surface area contributed by atoms with Gasteiger partial charge < -0.3 is 0 Å². The number of thioether (sulfide) groups is 1. The van der Waals surface area contributed by atoms with Gasteiger partial charge in [0, 0.05) is 4.90 Å². The van der Waals surface area contributed by atoms with Gasteiger partial charge in [-0.25, -0.2) is 13.1 Å². The average Bonchev–Trinajstić information content (AvgIpc) is 3.06. The van der Waals surface area contributed by atoms with Gasteiger partial charge in [-0.2, -0.15) is 18.3 Å². The lowest BCUT2D eigenvalue weighted by Gasteiger charge is -2.12. The van der Waals surface area contributed by atoms with Crippen molar-refractivity contribution in [2.45, 2.75) is 22.5 Å². The molecule has 0 fully saturated rings. The van der Waals surface area contributed by atoms with Crippen LogP contribution in [0.25, 0.3) is 11.1 Å². The topological polar surface area (TPSA) is 64.0 Å². The molecule has 3 aromatic rings. The van der Waals surface area contributed by atoms with E-state index in [0.29, 0.717) is 4.68 Å². The SMILES string of the molecule is C#CCn1nc(NS(=O)(=O)c2ccccc2)c(-c2ccc(SC)cc2)c1C(F)(F)F. The zero-order valence-corrected chi connectivity index (χ0v) is 17.3. The van der Waals surface area contributed by atoms with Crippen molar-refractivity contribution < 1.29 is 21.6 Å². The number of rotatable bonds is 6. The predicted octanol–water partition coefficient (Wildman–Crippen LogP) is 4.72. The van der Waals surface area contributed by atoms with Crippen LogP contribution in [0.3, 0.4) is 0 Å². The molecule has 30 heavy (non-hydrogen) atoms. The van der Waals surface area contributed by atoms with Crippen LogP contribution in [-0.4, -0.2) is 24.5 Å². The van der Waals surface area contributed by atoms with Crippen molar-refractivity contribution in [2.75, 3.05) is 11.0 Å². The second kappa shape index (κ2) is 8.45. The molecule has 0 aliphatic heterocycles. The summed E-state index contributed by atoms with van der Waals surface area (Å²) in [5, 5.41) is 3.85. The Bertz CT molecular complexity index is 1180. The standard InChI is InChI=1S/C20H16F3N3O2S2/c1-3-13-26-18(20(21,22)23)17(14-9-11-15(29-2)12-10-14)19(24-26)25-30(27,28)16-7-5-4-6-8-16/h1,4-12H,13H2,2H3,(H,24,25). The summed E-state index contributed by atoms with van der Waals surface area (Å²) in [6.45, 7) is -0.474. The molecule has 0 saturated heterocycles. The summed E-state index contributed by atoms with van der Waals surface area (Å²) in [6.07, 6.45) is 2.23. The molecule has 0 saturated carbocycles. The lowest BCUT2D eigenvalue weighted by atomic mass is 10.1. The number of alkyl halides is 3. The summed E-state index contributed by atoms with van der Waals surface area (Å²) in [6, 6.07) is 13.6. The van der Waals surface area contributed by atoms with Crippen LogP contribution in [0.15, 0.2) is 64.4 Å². The fourth-order valence-corrected chi connectivity index (χ4v) is 4.28. The fraction of sp³-hybridized carbons (Fsp3) is 0.150. The monoisotopic (exact) mass is 451 g/mol. The van der Waals surface area contributed by atoms with E-state index < -0.39 is 34.3 Å². The number of hydrogen-bond donors (Lipinski definition) is 1. The molecule has 156 valence electrons. The lowest BCUT2D eigenvalue weighted by molar-refractivity contribution is -0.143. The molecule has 0 aliphatic rings. The zero-order valence-electron chi connectivity index (χ0n) is 15.6. The van der Waals surface area contributed by atoms with E-state index in [9.17, 15) is 21.6 Å². The molecule has 0 spiro atoms. The van der Waals surface area contributed by atoms with E-state index in [1.54, 1.807) is 18.2 Å². The largest absolute Gasteiger partial charge is 0.433 e. The van der Waals surface area contributed by atoms with Crippen LogP contribution < -0.4 is 4.72 Å². The molecule has 0 atom stereocenters. The average molecular weight is 451 g/mol. The second-order valence-electron chi connectivity index (χ2n) is 6.08. The zero-order chi connectivity index (χ0) is 21.9. The number of sulfonamides is 1. The molecule has 1 aromatic heterocycles. The summed E-state index contributed by atoms with van der Waals surface area (Å²) in [7, 11) is -4.17. The maximum Gasteiger partial charge on any atom is 0.433 e. The molecule has 1 N–H and O–H groups in total. The number of aromatic nitrogens is 2. The molecule has 2 aromatic carbocycles. The minimum absolute atomic E-state index is 0.103. The van der Waals surface area contributed by atoms with Gasteiger partial charge in [-0.1, -0.05) is 36.3 Å². The van der Waals surface area contributed by atoms with Gasteiger partial charge in [-0.3, -0.25) is 4.72 Å². The van der Waals surface area contributed by atoms with Crippen LogP contribution in [-0.2, 0) is 22.7 Å². The smallest absolute Gasteiger partial charge is 0.261 e. The Morgan fingerprint density at radius 1 is 1.13 bits per heavy atom. The summed E-state index contributed by atoms with van der Waals surface area (Å²) >= 11 is 1.43. The van der Waals surface area contributed by atoms with Crippen molar-refractivity contribution in [1.82, 2.24) is 9.78 Å². The van der Waals surface area contributed by atoms with Crippen molar-refractivity contribution >= 4 is 27.6 Å². The van der Waals surface area contributed by atoms with Crippen LogP contribution in [0.1, 0.15) is 5.69 Å². The number of nitrogens with zero attached hydrogens (tertiary/aromatic N) is 2. The molecule has 0 radical (unpaired) electrons. The third-order valence-corrected chi connectivity index (χ3v) is 6.22. The normalized spacial score (nSPS) is 11.8. The molecule has 10 heteroatoms. The van der Waals surface area contributed by atoms with Gasteiger partial charge in [-0.05, 0) is 36.1 Å². The number of terminal acetylenes is 1. The highest BCUT2D eigenvalue weighted by molar-refractivity contribution is 7.98. The molecule has 0 unspecified atom stereocenters. The van der Waals surface area contributed by atoms with Gasteiger partial charge in [0.05, 0.1) is 10.5 Å². The Kier molecular flexibility index (Phi) is 6.14. The van der Waals surface area contributed by atoms with Gasteiger partial charge >= 0.3 is 6.18 Å². The summed E-state index contributed by atoms with van der Waals surface area (Å²) < 4.78 is 70.0. The molecule has 1 heterocycles. The van der Waals surface area contributed by atoms with E-state index in [4.69, 9.17) is 6.42 Å². The van der Waals surface area contributed by atoms with Crippen LogP contribution in [0.2, 0.25) is 0 Å². The Labute approximate surface area is 176 Å². The molecular formula is C20H16F3N3O2S2. The first-order valence-electron chi connectivity index (χ1n) is 8.51. The predicted molar refractivity (Wildman–Crippen MR) is 111 cm³/mol. The van der Waals surface area contributed by atoms with Crippen LogP contribution in [0.5, 0.6) is 0 Å². The Morgan fingerprint density at radius 3 is 2.30 bits per heavy atom. The summed E-state index contributed by atoms with van der Waals surface area (Å²) in [4.78, 5) is 0.739. The van der Waals surface area contributed by atoms with E-state index in [-0.39, 0.29) is 16.0 Å². The molecule has 0 amide bonds. The quantitative estimate of drug-likeness (QED) is 0.435. The van der Waals surface area contributed by atoms with E-state index in [1.807, 2.05) is 6.26 Å². The van der Waals surface area contributed by atoms with Gasteiger partial charge in [0.25, 0.3) is 10.0 Å². The number of benzene rings is 2. The van der Waals surface area contributed by atoms with Crippen LogP contribution in [0.4, 0.5) is 19.0 Å². The van der Waals surface area contributed by atoms with E-state index in [2.05, 4.69) is 15.7 Å². The van der Waals surface area contributed by atoms with E-state index in [0.717, 1.165) is 4.90 Å². The fourth-order valence-electron chi connectivity index (χ4n) is 2.84. The summed E-state index contributed by atoms with van der Waals surface area (Å²) in [5.41, 5.74) is -1.35. The third kappa shape index (κ3) is 4.47. The number of halogens is 3. The van der Waals surface area contributed by atoms with Gasteiger partial charge in [0.2, 0.25) is 0 Å². The molecule has 0 bridgehead atoms. The van der Waals surface area contributed by atoms with Gasteiger partial charge in [0.15, 0.2) is 11.5 Å². The molecular weight excluding hydrogens is 435 g/mol. The number of anilines is 1. The van der Waals surface area contributed by atoms with Gasteiger partial charge in [-0.15, -0.1) is 18.2 Å². The Morgan fingerprint density at radius 2 is 1.77 bits per heavy atom. The highest BCUT2D eigenvalue weighted by Crippen LogP contribution is 2.42. The Hall–Kier alpha value is -2.90. The maximum absolute atomic E-state index is 13.9. The minimum atomic E-state index is -4.81. The van der Waals surface area contributed by atoms with Crippen molar-refractivity contribution in [3.8, 4) is 23.5 Å². The van der Waals surface area contributed by atoms with Gasteiger partial charge in [0.1, 0.15) is 6.54 Å². The molecule has 3 rings (SSSR count). The molecule has 5 nitrogen and oxygen atoms in total. The van der Waals surface area contributed by atoms with E-state index >= 15 is 0 Å². The second-order valence-corrected chi connectivity index (χ2v) is 8.64. The van der Waals surface area contributed by atoms with Crippen molar-refractivity contribution in [1.29, 1.82) is 0 Å². The first kappa shape index (κ1) is 21.8. The van der Waals surface area contributed by atoms with Crippen LogP contribution >= 0.6 is 11.8 Å². The van der Waals surface area contributed by atoms with Crippen molar-refractivity contribution in [2.24, 2.45) is 0 Å². The number of nitrogens with one attached hydrogen (secondary N) is 1. The van der Waals surface area contributed by atoms with E-state index in [1.165, 1.54) is 48.2 Å². The lowest BCUT2D eigenvalue weighted by Crippen LogP contribution is -2.15. The number of hydrogen-bond acceptors (Lipinski definition) is 4. The highest BCUT2D eigenvalue weighted by Gasteiger charge is 2.41. The Balaban J connectivity index is 2.22.